The molecule has 0 radical (unpaired) electrons. The van der Waals surface area contributed by atoms with Crippen LogP contribution >= 0.6 is 0 Å². The van der Waals surface area contributed by atoms with E-state index in [1.165, 1.54) is 0 Å². The van der Waals surface area contributed by atoms with E-state index in [2.05, 4.69) is 47.8 Å². The first-order valence-electron chi connectivity index (χ1n) is 10.8. The Morgan fingerprint density at radius 2 is 1.74 bits per heavy atom. The maximum Gasteiger partial charge on any atom is 0.251 e. The number of amides is 1. The molecule has 1 aromatic heterocycles. The van der Waals surface area contributed by atoms with Crippen LogP contribution in [0.3, 0.4) is 0 Å². The molecule has 0 aliphatic heterocycles. The number of nitrogens with zero attached hydrogens (tertiary/aromatic N) is 2. The average Bonchev–Trinajstić information content (AvgIpc) is 2.79. The third-order valence-electron chi connectivity index (χ3n) is 5.92. The van der Waals surface area contributed by atoms with Gasteiger partial charge >= 0.3 is 0 Å². The van der Waals surface area contributed by atoms with Crippen molar-refractivity contribution in [2.24, 2.45) is 0 Å². The van der Waals surface area contributed by atoms with Crippen molar-refractivity contribution >= 4 is 28.3 Å². The molecule has 0 saturated heterocycles. The molecule has 1 aliphatic rings. The van der Waals surface area contributed by atoms with Crippen molar-refractivity contribution in [3.8, 4) is 5.75 Å². The smallest absolute Gasteiger partial charge is 0.251 e. The third kappa shape index (κ3) is 4.90. The molecule has 2 aromatic carbocycles. The lowest BCUT2D eigenvalue weighted by atomic mass is 9.91. The largest absolute Gasteiger partial charge is 0.497 e. The Morgan fingerprint density at radius 1 is 1.00 bits per heavy atom. The van der Waals surface area contributed by atoms with Crippen molar-refractivity contribution in [3.05, 3.63) is 60.2 Å². The first kappa shape index (κ1) is 21.0. The zero-order chi connectivity index (χ0) is 21.8. The molecule has 31 heavy (non-hydrogen) atoms. The molecule has 1 fully saturated rings. The summed E-state index contributed by atoms with van der Waals surface area (Å²) >= 11 is 0. The van der Waals surface area contributed by atoms with Crippen molar-refractivity contribution in [3.63, 3.8) is 0 Å². The second-order valence-electron chi connectivity index (χ2n) is 8.34. The van der Waals surface area contributed by atoms with E-state index in [4.69, 9.17) is 9.72 Å². The van der Waals surface area contributed by atoms with Crippen LogP contribution in [0.25, 0.3) is 10.9 Å². The topological polar surface area (TPSA) is 66.5 Å². The third-order valence-corrected chi connectivity index (χ3v) is 5.92. The van der Waals surface area contributed by atoms with E-state index in [-0.39, 0.29) is 11.9 Å². The van der Waals surface area contributed by atoms with Crippen LogP contribution in [0, 0.1) is 0 Å². The summed E-state index contributed by atoms with van der Waals surface area (Å²) in [6.45, 7) is 0. The Morgan fingerprint density at radius 3 is 2.48 bits per heavy atom. The van der Waals surface area contributed by atoms with Gasteiger partial charge in [-0.2, -0.15) is 0 Å². The normalized spacial score (nSPS) is 18.4. The summed E-state index contributed by atoms with van der Waals surface area (Å²) in [5.74, 6) is 1.56. The van der Waals surface area contributed by atoms with E-state index >= 15 is 0 Å². The van der Waals surface area contributed by atoms with Gasteiger partial charge in [0.2, 0.25) is 0 Å². The fourth-order valence-corrected chi connectivity index (χ4v) is 4.23. The number of fused-ring (bicyclic) bond motifs is 1. The first-order valence-corrected chi connectivity index (χ1v) is 10.8. The van der Waals surface area contributed by atoms with Gasteiger partial charge in [0.1, 0.15) is 11.6 Å². The standard InChI is InChI=1S/C25H30N4O2/c1-29(2)23-16-24(28-22-10-5-4-9-21(22)23)26-18-11-13-19(14-12-18)27-25(30)17-7-6-8-20(15-17)31-3/h4-10,15-16,18-19H,11-14H2,1-3H3,(H,26,28)(H,27,30)/t18-,19+. The summed E-state index contributed by atoms with van der Waals surface area (Å²) in [5.41, 5.74) is 2.79. The van der Waals surface area contributed by atoms with Gasteiger partial charge in [-0.25, -0.2) is 4.98 Å². The molecule has 162 valence electrons. The van der Waals surface area contributed by atoms with Gasteiger partial charge < -0.3 is 20.3 Å². The van der Waals surface area contributed by atoms with Gasteiger partial charge in [0.25, 0.3) is 5.91 Å². The fourth-order valence-electron chi connectivity index (χ4n) is 4.23. The van der Waals surface area contributed by atoms with Gasteiger partial charge in [-0.05, 0) is 49.9 Å². The van der Waals surface area contributed by atoms with Crippen LogP contribution in [0.4, 0.5) is 11.5 Å². The molecule has 1 heterocycles. The van der Waals surface area contributed by atoms with Crippen LogP contribution in [-0.4, -0.2) is 44.2 Å². The van der Waals surface area contributed by atoms with Crippen LogP contribution in [0.15, 0.2) is 54.6 Å². The molecule has 1 aliphatic carbocycles. The number of pyridine rings is 1. The predicted molar refractivity (Wildman–Crippen MR) is 126 cm³/mol. The number of nitrogens with one attached hydrogen (secondary N) is 2. The predicted octanol–water partition coefficient (Wildman–Crippen LogP) is 4.46. The number of hydrogen-bond acceptors (Lipinski definition) is 5. The number of para-hydroxylation sites is 1. The lowest BCUT2D eigenvalue weighted by molar-refractivity contribution is 0.0926. The summed E-state index contributed by atoms with van der Waals surface area (Å²) in [6, 6.07) is 18.2. The molecular formula is C25H30N4O2. The SMILES string of the molecule is COc1cccc(C(=O)N[C@H]2CC[C@@H](Nc3cc(N(C)C)c4ccccc4n3)CC2)c1. The average molecular weight is 419 g/mol. The molecule has 3 aromatic rings. The lowest BCUT2D eigenvalue weighted by Crippen LogP contribution is -2.40. The van der Waals surface area contributed by atoms with Crippen LogP contribution in [0.1, 0.15) is 36.0 Å². The van der Waals surface area contributed by atoms with Crippen molar-refractivity contribution < 1.29 is 9.53 Å². The zero-order valence-corrected chi connectivity index (χ0v) is 18.4. The van der Waals surface area contributed by atoms with E-state index in [1.807, 2.05) is 30.3 Å². The highest BCUT2D eigenvalue weighted by molar-refractivity contribution is 5.95. The van der Waals surface area contributed by atoms with Crippen molar-refractivity contribution in [2.75, 3.05) is 31.4 Å². The van der Waals surface area contributed by atoms with E-state index in [1.54, 1.807) is 13.2 Å². The Balaban J connectivity index is 1.36. The second kappa shape index (κ2) is 9.25. The van der Waals surface area contributed by atoms with Crippen LogP contribution in [-0.2, 0) is 0 Å². The molecule has 0 unspecified atom stereocenters. The number of methoxy groups -OCH3 is 1. The van der Waals surface area contributed by atoms with Gasteiger partial charge in [-0.1, -0.05) is 24.3 Å². The molecule has 4 rings (SSSR count). The molecule has 0 spiro atoms. The molecule has 6 nitrogen and oxygen atoms in total. The zero-order valence-electron chi connectivity index (χ0n) is 18.4. The highest BCUT2D eigenvalue weighted by Crippen LogP contribution is 2.29. The maximum absolute atomic E-state index is 12.6. The molecule has 1 saturated carbocycles. The van der Waals surface area contributed by atoms with E-state index in [0.717, 1.165) is 48.1 Å². The number of carbonyl (C=O) groups is 1. The number of ether oxygens (including phenoxy) is 1. The number of aromatic nitrogens is 1. The van der Waals surface area contributed by atoms with Crippen molar-refractivity contribution in [1.82, 2.24) is 10.3 Å². The van der Waals surface area contributed by atoms with Gasteiger partial charge in [0.05, 0.1) is 12.6 Å². The van der Waals surface area contributed by atoms with Crippen LogP contribution in [0.2, 0.25) is 0 Å². The quantitative estimate of drug-likeness (QED) is 0.619. The second-order valence-corrected chi connectivity index (χ2v) is 8.34. The van der Waals surface area contributed by atoms with Crippen LogP contribution < -0.4 is 20.3 Å². The summed E-state index contributed by atoms with van der Waals surface area (Å²) in [6.07, 6.45) is 3.88. The fraction of sp³-hybridized carbons (Fsp3) is 0.360. The van der Waals surface area contributed by atoms with Crippen molar-refractivity contribution in [1.29, 1.82) is 0 Å². The summed E-state index contributed by atoms with van der Waals surface area (Å²) in [5, 5.41) is 7.95. The number of hydrogen-bond donors (Lipinski definition) is 2. The minimum atomic E-state index is -0.0397. The minimum Gasteiger partial charge on any atom is -0.497 e. The van der Waals surface area contributed by atoms with E-state index in [9.17, 15) is 4.79 Å². The van der Waals surface area contributed by atoms with Gasteiger partial charge in [0, 0.05) is 48.9 Å². The van der Waals surface area contributed by atoms with E-state index < -0.39 is 0 Å². The van der Waals surface area contributed by atoms with Gasteiger partial charge in [-0.3, -0.25) is 4.79 Å². The number of benzene rings is 2. The van der Waals surface area contributed by atoms with Gasteiger partial charge in [0.15, 0.2) is 0 Å². The number of carbonyl (C=O) groups excluding carboxylic acids is 1. The van der Waals surface area contributed by atoms with Crippen molar-refractivity contribution in [2.45, 2.75) is 37.8 Å². The maximum atomic E-state index is 12.6. The Hall–Kier alpha value is -3.28. The Kier molecular flexibility index (Phi) is 6.26. The molecule has 0 bridgehead atoms. The Labute approximate surface area is 183 Å². The molecule has 1 amide bonds. The van der Waals surface area contributed by atoms with E-state index in [0.29, 0.717) is 17.4 Å². The van der Waals surface area contributed by atoms with Crippen LogP contribution in [0.5, 0.6) is 5.75 Å². The molecular weight excluding hydrogens is 388 g/mol. The summed E-state index contributed by atoms with van der Waals surface area (Å²) in [7, 11) is 5.72. The highest BCUT2D eigenvalue weighted by atomic mass is 16.5. The molecule has 0 atom stereocenters. The number of rotatable bonds is 6. The first-order chi connectivity index (χ1) is 15.0. The summed E-state index contributed by atoms with van der Waals surface area (Å²) < 4.78 is 5.22. The minimum absolute atomic E-state index is 0.0397. The van der Waals surface area contributed by atoms with Gasteiger partial charge in [-0.15, -0.1) is 0 Å². The highest BCUT2D eigenvalue weighted by Gasteiger charge is 2.23. The summed E-state index contributed by atoms with van der Waals surface area (Å²) in [4.78, 5) is 19.5. The monoisotopic (exact) mass is 418 g/mol. The molecule has 2 N–H and O–H groups in total. The molecule has 6 heteroatoms. The Bertz CT molecular complexity index is 1060. The lowest BCUT2D eigenvalue weighted by Gasteiger charge is -2.30. The number of anilines is 2.